The Morgan fingerprint density at radius 1 is 1.05 bits per heavy atom. The molecule has 0 radical (unpaired) electrons. The van der Waals surface area contributed by atoms with Crippen molar-refractivity contribution in [2.75, 3.05) is 5.73 Å². The van der Waals surface area contributed by atoms with Gasteiger partial charge in [-0.25, -0.2) is 0 Å². The Morgan fingerprint density at radius 2 is 1.81 bits per heavy atom. The zero-order valence-corrected chi connectivity index (χ0v) is 12.6. The third-order valence-corrected chi connectivity index (χ3v) is 3.99. The number of rotatable bonds is 2. The normalized spacial score (nSPS) is 10.8. The van der Waals surface area contributed by atoms with Crippen molar-refractivity contribution in [2.45, 2.75) is 13.8 Å². The number of aryl methyl sites for hydroxylation is 2. The van der Waals surface area contributed by atoms with Crippen LogP contribution in [0.3, 0.4) is 0 Å². The van der Waals surface area contributed by atoms with Crippen molar-refractivity contribution in [1.82, 2.24) is 5.16 Å². The predicted molar refractivity (Wildman–Crippen MR) is 86.3 cm³/mol. The molecule has 2 aromatic carbocycles. The van der Waals surface area contributed by atoms with E-state index in [1.807, 2.05) is 56.3 Å². The number of anilines is 1. The van der Waals surface area contributed by atoms with Gasteiger partial charge < -0.3 is 10.3 Å². The van der Waals surface area contributed by atoms with Gasteiger partial charge in [0.25, 0.3) is 0 Å². The first-order valence-corrected chi connectivity index (χ1v) is 7.03. The number of hydrogen-bond donors (Lipinski definition) is 1. The lowest BCUT2D eigenvalue weighted by Gasteiger charge is -2.07. The van der Waals surface area contributed by atoms with Crippen LogP contribution in [0.25, 0.3) is 22.4 Å². The van der Waals surface area contributed by atoms with Crippen molar-refractivity contribution in [2.24, 2.45) is 0 Å². The van der Waals surface area contributed by atoms with Crippen molar-refractivity contribution in [3.8, 4) is 22.4 Å². The Balaban J connectivity index is 2.22. The topological polar surface area (TPSA) is 52.0 Å². The Morgan fingerprint density at radius 3 is 2.52 bits per heavy atom. The van der Waals surface area contributed by atoms with Gasteiger partial charge in [0.15, 0.2) is 0 Å². The smallest absolute Gasteiger partial charge is 0.230 e. The second-order valence-electron chi connectivity index (χ2n) is 5.05. The molecule has 1 heterocycles. The van der Waals surface area contributed by atoms with Crippen LogP contribution in [0.1, 0.15) is 11.1 Å². The molecule has 0 aliphatic heterocycles. The molecular formula is C17H15ClN2O. The molecule has 0 saturated heterocycles. The van der Waals surface area contributed by atoms with Crippen LogP contribution in [0.5, 0.6) is 0 Å². The maximum Gasteiger partial charge on any atom is 0.230 e. The molecule has 0 fully saturated rings. The highest BCUT2D eigenvalue weighted by molar-refractivity contribution is 6.31. The van der Waals surface area contributed by atoms with Crippen LogP contribution in [-0.4, -0.2) is 5.16 Å². The first-order chi connectivity index (χ1) is 10.1. The Labute approximate surface area is 128 Å². The van der Waals surface area contributed by atoms with Crippen LogP contribution >= 0.6 is 11.6 Å². The van der Waals surface area contributed by atoms with E-state index in [1.165, 1.54) is 0 Å². The number of nitrogen functional groups attached to an aromatic ring is 1. The second kappa shape index (κ2) is 5.26. The standard InChI is InChI=1S/C17H15ClN2O/c1-10-5-3-4-6-13(10)15-16(20-21-17(15)19)12-8-7-11(2)14(18)9-12/h3-9H,19H2,1-2H3. The van der Waals surface area contributed by atoms with Crippen molar-refractivity contribution >= 4 is 17.5 Å². The average molecular weight is 299 g/mol. The second-order valence-corrected chi connectivity index (χ2v) is 5.46. The van der Waals surface area contributed by atoms with E-state index in [2.05, 4.69) is 5.16 Å². The van der Waals surface area contributed by atoms with Gasteiger partial charge in [-0.1, -0.05) is 53.2 Å². The first-order valence-electron chi connectivity index (χ1n) is 6.65. The molecule has 3 nitrogen and oxygen atoms in total. The zero-order valence-electron chi connectivity index (χ0n) is 11.9. The van der Waals surface area contributed by atoms with Gasteiger partial charge in [0, 0.05) is 10.6 Å². The van der Waals surface area contributed by atoms with E-state index in [0.717, 1.165) is 27.8 Å². The van der Waals surface area contributed by atoms with Crippen molar-refractivity contribution in [3.63, 3.8) is 0 Å². The van der Waals surface area contributed by atoms with Crippen LogP contribution in [0.4, 0.5) is 5.88 Å². The summed E-state index contributed by atoms with van der Waals surface area (Å²) in [6, 6.07) is 13.8. The molecule has 0 unspecified atom stereocenters. The van der Waals surface area contributed by atoms with E-state index >= 15 is 0 Å². The average Bonchev–Trinajstić information content (AvgIpc) is 2.84. The minimum absolute atomic E-state index is 0.316. The number of benzene rings is 2. The molecule has 0 aliphatic rings. The fourth-order valence-corrected chi connectivity index (χ4v) is 2.53. The number of hydrogen-bond acceptors (Lipinski definition) is 3. The molecule has 0 spiro atoms. The van der Waals surface area contributed by atoms with E-state index in [4.69, 9.17) is 21.9 Å². The summed E-state index contributed by atoms with van der Waals surface area (Å²) in [5, 5.41) is 4.81. The van der Waals surface area contributed by atoms with Crippen LogP contribution < -0.4 is 5.73 Å². The number of halogens is 1. The van der Waals surface area contributed by atoms with E-state index in [1.54, 1.807) is 0 Å². The lowest BCUT2D eigenvalue weighted by Crippen LogP contribution is -1.90. The minimum Gasteiger partial charge on any atom is -0.367 e. The largest absolute Gasteiger partial charge is 0.367 e. The van der Waals surface area contributed by atoms with Crippen molar-refractivity contribution < 1.29 is 4.52 Å². The van der Waals surface area contributed by atoms with Crippen LogP contribution in [0, 0.1) is 13.8 Å². The van der Waals surface area contributed by atoms with E-state index < -0.39 is 0 Å². The molecular weight excluding hydrogens is 284 g/mol. The van der Waals surface area contributed by atoms with Gasteiger partial charge >= 0.3 is 0 Å². The lowest BCUT2D eigenvalue weighted by atomic mass is 9.97. The molecule has 0 bridgehead atoms. The maximum atomic E-state index is 6.21. The summed E-state index contributed by atoms with van der Waals surface area (Å²) in [5.41, 5.74) is 11.6. The molecule has 106 valence electrons. The van der Waals surface area contributed by atoms with Gasteiger partial charge in [0.1, 0.15) is 5.69 Å². The SMILES string of the molecule is Cc1ccc(-c2noc(N)c2-c2ccccc2C)cc1Cl. The summed E-state index contributed by atoms with van der Waals surface area (Å²) in [7, 11) is 0. The highest BCUT2D eigenvalue weighted by Crippen LogP contribution is 2.38. The maximum absolute atomic E-state index is 6.21. The molecule has 4 heteroatoms. The molecule has 2 N–H and O–H groups in total. The Hall–Kier alpha value is -2.26. The molecule has 3 aromatic rings. The Kier molecular flexibility index (Phi) is 3.43. The molecule has 3 rings (SSSR count). The van der Waals surface area contributed by atoms with Crippen LogP contribution in [0.15, 0.2) is 47.0 Å². The first kappa shape index (κ1) is 13.7. The van der Waals surface area contributed by atoms with Crippen LogP contribution in [0.2, 0.25) is 5.02 Å². The molecule has 0 aliphatic carbocycles. The predicted octanol–water partition coefficient (Wildman–Crippen LogP) is 4.86. The van der Waals surface area contributed by atoms with Gasteiger partial charge in [-0.05, 0) is 36.6 Å². The zero-order chi connectivity index (χ0) is 15.0. The third kappa shape index (κ3) is 2.41. The highest BCUT2D eigenvalue weighted by atomic mass is 35.5. The summed E-state index contributed by atoms with van der Waals surface area (Å²) in [6.45, 7) is 4.00. The van der Waals surface area contributed by atoms with Gasteiger partial charge in [-0.2, -0.15) is 0 Å². The van der Waals surface area contributed by atoms with E-state index in [0.29, 0.717) is 16.6 Å². The monoisotopic (exact) mass is 298 g/mol. The number of nitrogens with zero attached hydrogens (tertiary/aromatic N) is 1. The molecule has 0 atom stereocenters. The summed E-state index contributed by atoms with van der Waals surface area (Å²) in [5.74, 6) is 0.316. The fraction of sp³-hybridized carbons (Fsp3) is 0.118. The minimum atomic E-state index is 0.316. The summed E-state index contributed by atoms with van der Waals surface area (Å²) in [4.78, 5) is 0. The van der Waals surface area contributed by atoms with Gasteiger partial charge in [0.2, 0.25) is 5.88 Å². The molecule has 0 saturated carbocycles. The van der Waals surface area contributed by atoms with E-state index in [-0.39, 0.29) is 0 Å². The quantitative estimate of drug-likeness (QED) is 0.735. The van der Waals surface area contributed by atoms with E-state index in [9.17, 15) is 0 Å². The van der Waals surface area contributed by atoms with Gasteiger partial charge in [-0.15, -0.1) is 0 Å². The summed E-state index contributed by atoms with van der Waals surface area (Å²) >= 11 is 6.21. The highest BCUT2D eigenvalue weighted by Gasteiger charge is 2.19. The van der Waals surface area contributed by atoms with Gasteiger partial charge in [0.05, 0.1) is 5.56 Å². The van der Waals surface area contributed by atoms with Gasteiger partial charge in [-0.3, -0.25) is 0 Å². The molecule has 0 amide bonds. The van der Waals surface area contributed by atoms with Crippen molar-refractivity contribution in [3.05, 3.63) is 58.6 Å². The fourth-order valence-electron chi connectivity index (χ4n) is 2.35. The number of nitrogens with two attached hydrogens (primary N) is 1. The molecule has 21 heavy (non-hydrogen) atoms. The lowest BCUT2D eigenvalue weighted by molar-refractivity contribution is 0.439. The van der Waals surface area contributed by atoms with Crippen molar-refractivity contribution in [1.29, 1.82) is 0 Å². The third-order valence-electron chi connectivity index (χ3n) is 3.58. The Bertz CT molecular complexity index is 808. The summed E-state index contributed by atoms with van der Waals surface area (Å²) < 4.78 is 5.21. The molecule has 1 aromatic heterocycles. The summed E-state index contributed by atoms with van der Waals surface area (Å²) in [6.07, 6.45) is 0. The number of aromatic nitrogens is 1. The van der Waals surface area contributed by atoms with Crippen LogP contribution in [-0.2, 0) is 0 Å².